The fraction of sp³-hybridized carbons (Fsp3) is 0.267. The highest BCUT2D eigenvalue weighted by Crippen LogP contribution is 2.29. The minimum atomic E-state index is -0.0431. The van der Waals surface area contributed by atoms with Gasteiger partial charge in [0.05, 0.1) is 18.2 Å². The van der Waals surface area contributed by atoms with Gasteiger partial charge in [-0.3, -0.25) is 4.79 Å². The molecule has 8 heteroatoms. The minimum absolute atomic E-state index is 0.0431. The largest absolute Gasteiger partial charge is 0.497 e. The molecule has 0 spiro atoms. The average Bonchev–Trinajstić information content (AvgIpc) is 3.34. The summed E-state index contributed by atoms with van der Waals surface area (Å²) >= 11 is 7.44. The first-order valence-corrected chi connectivity index (χ1v) is 8.25. The average molecular weight is 351 g/mol. The second-order valence-electron chi connectivity index (χ2n) is 5.04. The summed E-state index contributed by atoms with van der Waals surface area (Å²) in [6, 6.07) is 7.48. The molecule has 1 aromatic heterocycles. The van der Waals surface area contributed by atoms with Crippen molar-refractivity contribution in [3.05, 3.63) is 34.3 Å². The van der Waals surface area contributed by atoms with Crippen LogP contribution in [0, 0.1) is 5.92 Å². The topological polar surface area (TPSA) is 75.6 Å². The van der Waals surface area contributed by atoms with Gasteiger partial charge >= 0.3 is 0 Å². The molecular formula is C15H15ClN4O2S. The van der Waals surface area contributed by atoms with E-state index in [4.69, 9.17) is 16.3 Å². The maximum Gasteiger partial charge on any atom is 0.243 e. The first-order valence-electron chi connectivity index (χ1n) is 7.06. The summed E-state index contributed by atoms with van der Waals surface area (Å²) in [6.45, 7) is 0. The third-order valence-electron chi connectivity index (χ3n) is 3.26. The van der Waals surface area contributed by atoms with Gasteiger partial charge in [-0.05, 0) is 37.1 Å². The number of halogens is 1. The van der Waals surface area contributed by atoms with Crippen molar-refractivity contribution in [2.75, 3.05) is 12.4 Å². The molecule has 0 aliphatic heterocycles. The molecule has 1 aliphatic rings. The number of thiazole rings is 1. The molecule has 6 nitrogen and oxygen atoms in total. The van der Waals surface area contributed by atoms with E-state index < -0.39 is 0 Å². The van der Waals surface area contributed by atoms with Crippen molar-refractivity contribution in [1.82, 2.24) is 10.4 Å². The smallest absolute Gasteiger partial charge is 0.243 e. The molecule has 0 bridgehead atoms. The zero-order valence-corrected chi connectivity index (χ0v) is 13.9. The van der Waals surface area contributed by atoms with Gasteiger partial charge in [0.1, 0.15) is 5.75 Å². The number of anilines is 2. The Morgan fingerprint density at radius 3 is 2.83 bits per heavy atom. The quantitative estimate of drug-likeness (QED) is 0.618. The van der Waals surface area contributed by atoms with Crippen LogP contribution < -0.4 is 15.5 Å². The molecule has 1 heterocycles. The monoisotopic (exact) mass is 350 g/mol. The van der Waals surface area contributed by atoms with E-state index in [1.807, 2.05) is 24.3 Å². The molecule has 1 saturated carbocycles. The zero-order chi connectivity index (χ0) is 16.2. The van der Waals surface area contributed by atoms with Gasteiger partial charge in [-0.1, -0.05) is 22.9 Å². The fourth-order valence-electron chi connectivity index (χ4n) is 1.84. The standard InChI is InChI=1S/C15H15ClN4O2S/c1-22-11-6-4-10(5-7-11)18-15-19-13(16)12(23-15)8-17-20-14(21)9-2-3-9/h4-9H,2-3H2,1H3,(H,18,19)(H,20,21)/b17-8+. The summed E-state index contributed by atoms with van der Waals surface area (Å²) < 4.78 is 5.11. The number of hydrogen-bond donors (Lipinski definition) is 2. The molecule has 1 aromatic carbocycles. The van der Waals surface area contributed by atoms with Crippen LogP contribution in [0.2, 0.25) is 5.15 Å². The Bertz CT molecular complexity index is 726. The number of ether oxygens (including phenoxy) is 1. The van der Waals surface area contributed by atoms with Crippen LogP contribution in [0.3, 0.4) is 0 Å². The van der Waals surface area contributed by atoms with Gasteiger partial charge in [0.2, 0.25) is 5.91 Å². The van der Waals surface area contributed by atoms with Gasteiger partial charge in [0.25, 0.3) is 0 Å². The van der Waals surface area contributed by atoms with Gasteiger partial charge in [-0.25, -0.2) is 10.4 Å². The predicted molar refractivity (Wildman–Crippen MR) is 91.9 cm³/mol. The van der Waals surface area contributed by atoms with Gasteiger partial charge in [0.15, 0.2) is 10.3 Å². The van der Waals surface area contributed by atoms with Gasteiger partial charge in [0, 0.05) is 11.6 Å². The van der Waals surface area contributed by atoms with E-state index >= 15 is 0 Å². The number of amides is 1. The molecule has 120 valence electrons. The van der Waals surface area contributed by atoms with Crippen molar-refractivity contribution < 1.29 is 9.53 Å². The summed E-state index contributed by atoms with van der Waals surface area (Å²) in [5.41, 5.74) is 3.38. The third-order valence-corrected chi connectivity index (χ3v) is 4.56. The number of nitrogens with zero attached hydrogens (tertiary/aromatic N) is 2. The van der Waals surface area contributed by atoms with Gasteiger partial charge in [-0.15, -0.1) is 0 Å². The number of methoxy groups -OCH3 is 1. The molecule has 1 amide bonds. The number of benzene rings is 1. The van der Waals surface area contributed by atoms with Crippen LogP contribution in [0.15, 0.2) is 29.4 Å². The Morgan fingerprint density at radius 1 is 1.43 bits per heavy atom. The molecule has 23 heavy (non-hydrogen) atoms. The van der Waals surface area contributed by atoms with Crippen LogP contribution in [-0.4, -0.2) is 24.2 Å². The lowest BCUT2D eigenvalue weighted by atomic mass is 10.3. The Kier molecular flexibility index (Phi) is 4.78. The van der Waals surface area contributed by atoms with E-state index in [0.717, 1.165) is 24.3 Å². The minimum Gasteiger partial charge on any atom is -0.497 e. The Labute approximate surface area is 142 Å². The third kappa shape index (κ3) is 4.20. The van der Waals surface area contributed by atoms with E-state index in [2.05, 4.69) is 20.8 Å². The highest BCUT2D eigenvalue weighted by molar-refractivity contribution is 7.17. The molecule has 0 saturated heterocycles. The number of carbonyl (C=O) groups is 1. The summed E-state index contributed by atoms with van der Waals surface area (Å²) in [5.74, 6) is 0.863. The Morgan fingerprint density at radius 2 is 2.17 bits per heavy atom. The van der Waals surface area contributed by atoms with Crippen LogP contribution in [-0.2, 0) is 4.79 Å². The second-order valence-corrected chi connectivity index (χ2v) is 6.42. The maximum atomic E-state index is 11.5. The van der Waals surface area contributed by atoms with Crippen molar-refractivity contribution >= 4 is 45.9 Å². The van der Waals surface area contributed by atoms with Gasteiger partial charge in [-0.2, -0.15) is 5.10 Å². The lowest BCUT2D eigenvalue weighted by Crippen LogP contribution is -2.18. The Balaban J connectivity index is 1.62. The van der Waals surface area contributed by atoms with Gasteiger partial charge < -0.3 is 10.1 Å². The SMILES string of the molecule is COc1ccc(Nc2nc(Cl)c(/C=N/NC(=O)C3CC3)s2)cc1. The molecule has 0 atom stereocenters. The van der Waals surface area contributed by atoms with Crippen molar-refractivity contribution in [2.24, 2.45) is 11.0 Å². The van der Waals surface area contributed by atoms with E-state index in [1.54, 1.807) is 7.11 Å². The van der Waals surface area contributed by atoms with Crippen LogP contribution in [0.4, 0.5) is 10.8 Å². The lowest BCUT2D eigenvalue weighted by Gasteiger charge is -2.03. The number of rotatable bonds is 6. The fourth-order valence-corrected chi connectivity index (χ4v) is 2.88. The van der Waals surface area contributed by atoms with Crippen molar-refractivity contribution in [3.63, 3.8) is 0 Å². The summed E-state index contributed by atoms with van der Waals surface area (Å²) in [5, 5.41) is 8.08. The molecular weight excluding hydrogens is 336 g/mol. The number of carbonyl (C=O) groups excluding carboxylic acids is 1. The van der Waals surface area contributed by atoms with Crippen molar-refractivity contribution in [2.45, 2.75) is 12.8 Å². The van der Waals surface area contributed by atoms with Crippen LogP contribution in [0.25, 0.3) is 0 Å². The van der Waals surface area contributed by atoms with E-state index in [1.165, 1.54) is 17.6 Å². The molecule has 2 N–H and O–H groups in total. The molecule has 0 unspecified atom stereocenters. The molecule has 1 aliphatic carbocycles. The zero-order valence-electron chi connectivity index (χ0n) is 12.4. The maximum absolute atomic E-state index is 11.5. The molecule has 3 rings (SSSR count). The van der Waals surface area contributed by atoms with Crippen LogP contribution in [0.1, 0.15) is 17.7 Å². The molecule has 1 fully saturated rings. The number of hydrazone groups is 1. The lowest BCUT2D eigenvalue weighted by molar-refractivity contribution is -0.122. The highest BCUT2D eigenvalue weighted by Gasteiger charge is 2.29. The van der Waals surface area contributed by atoms with Crippen molar-refractivity contribution in [3.8, 4) is 5.75 Å². The predicted octanol–water partition coefficient (Wildman–Crippen LogP) is 3.41. The van der Waals surface area contributed by atoms with Crippen LogP contribution in [0.5, 0.6) is 5.75 Å². The van der Waals surface area contributed by atoms with E-state index in [0.29, 0.717) is 15.2 Å². The summed E-state index contributed by atoms with van der Waals surface area (Å²) in [7, 11) is 1.62. The van der Waals surface area contributed by atoms with Crippen LogP contribution >= 0.6 is 22.9 Å². The summed E-state index contributed by atoms with van der Waals surface area (Å²) in [6.07, 6.45) is 3.40. The second kappa shape index (κ2) is 6.97. The number of aromatic nitrogens is 1. The number of nitrogens with one attached hydrogen (secondary N) is 2. The highest BCUT2D eigenvalue weighted by atomic mass is 35.5. The summed E-state index contributed by atoms with van der Waals surface area (Å²) in [4.78, 5) is 16.4. The molecule has 0 radical (unpaired) electrons. The van der Waals surface area contributed by atoms with E-state index in [-0.39, 0.29) is 11.8 Å². The first kappa shape index (κ1) is 15.8. The molecule has 2 aromatic rings. The van der Waals surface area contributed by atoms with Crippen molar-refractivity contribution in [1.29, 1.82) is 0 Å². The first-order chi connectivity index (χ1) is 11.2. The normalized spacial score (nSPS) is 14.0. The Hall–Kier alpha value is -2.12. The number of hydrogen-bond acceptors (Lipinski definition) is 6. The van der Waals surface area contributed by atoms with E-state index in [9.17, 15) is 4.79 Å².